The van der Waals surface area contributed by atoms with Crippen LogP contribution in [0.1, 0.15) is 44.0 Å². The van der Waals surface area contributed by atoms with Gasteiger partial charge in [-0.3, -0.25) is 4.98 Å². The van der Waals surface area contributed by atoms with E-state index in [0.29, 0.717) is 10.6 Å². The highest BCUT2D eigenvalue weighted by atomic mass is 32.1. The molecule has 0 atom stereocenters. The van der Waals surface area contributed by atoms with E-state index in [-0.39, 0.29) is 6.10 Å². The van der Waals surface area contributed by atoms with Gasteiger partial charge < -0.3 is 9.72 Å². The highest BCUT2D eigenvalue weighted by Gasteiger charge is 2.26. The fourth-order valence-corrected chi connectivity index (χ4v) is 2.48. The number of rotatable bonds is 4. The van der Waals surface area contributed by atoms with Crippen LogP contribution in [0.3, 0.4) is 0 Å². The molecule has 0 radical (unpaired) electrons. The quantitative estimate of drug-likeness (QED) is 0.861. The van der Waals surface area contributed by atoms with Crippen LogP contribution in [0.15, 0.2) is 18.5 Å². The molecule has 0 aliphatic heterocycles. The van der Waals surface area contributed by atoms with Gasteiger partial charge >= 0.3 is 0 Å². The Morgan fingerprint density at radius 1 is 1.33 bits per heavy atom. The van der Waals surface area contributed by atoms with Crippen LogP contribution < -0.4 is 4.74 Å². The molecule has 0 unspecified atom stereocenters. The number of pyridine rings is 1. The zero-order chi connectivity index (χ0) is 15.0. The summed E-state index contributed by atoms with van der Waals surface area (Å²) in [6.07, 6.45) is 6.07. The number of hydrogen-bond acceptors (Lipinski definition) is 4. The topological polar surface area (TPSA) is 50.8 Å². The molecule has 1 saturated carbocycles. The normalized spacial score (nSPS) is 14.5. The standard InChI is InChI=1S/C16H19N3OS/c1-9(2)20-13-6-12(7-17-8-13)14-10(3)16(21)19-15(18-14)11-4-5-11/h6-9,11H,4-5H2,1-3H3,(H,18,19,21). The molecular formula is C16H19N3OS. The first kappa shape index (κ1) is 14.2. The molecule has 1 aliphatic carbocycles. The lowest BCUT2D eigenvalue weighted by Crippen LogP contribution is -2.06. The van der Waals surface area contributed by atoms with Gasteiger partial charge in [0.15, 0.2) is 0 Å². The molecule has 3 rings (SSSR count). The smallest absolute Gasteiger partial charge is 0.138 e. The van der Waals surface area contributed by atoms with Crippen LogP contribution in [0.4, 0.5) is 0 Å². The summed E-state index contributed by atoms with van der Waals surface area (Å²) in [6.45, 7) is 6.00. The second-order valence-electron chi connectivity index (χ2n) is 5.78. The van der Waals surface area contributed by atoms with Crippen molar-refractivity contribution < 1.29 is 4.74 Å². The van der Waals surface area contributed by atoms with E-state index in [0.717, 1.165) is 28.4 Å². The molecule has 1 fully saturated rings. The van der Waals surface area contributed by atoms with Gasteiger partial charge in [0.05, 0.1) is 18.0 Å². The maximum Gasteiger partial charge on any atom is 0.138 e. The Morgan fingerprint density at radius 3 is 2.76 bits per heavy atom. The average molecular weight is 301 g/mol. The Hall–Kier alpha value is -1.75. The van der Waals surface area contributed by atoms with Gasteiger partial charge in [0.2, 0.25) is 0 Å². The van der Waals surface area contributed by atoms with Crippen LogP contribution in [-0.2, 0) is 0 Å². The molecule has 110 valence electrons. The molecule has 0 saturated heterocycles. The van der Waals surface area contributed by atoms with Crippen molar-refractivity contribution in [1.82, 2.24) is 15.0 Å². The maximum absolute atomic E-state index is 5.72. The van der Waals surface area contributed by atoms with Crippen molar-refractivity contribution >= 4 is 12.2 Å². The Balaban J connectivity index is 2.05. The minimum absolute atomic E-state index is 0.126. The number of aromatic amines is 1. The van der Waals surface area contributed by atoms with E-state index >= 15 is 0 Å². The van der Waals surface area contributed by atoms with E-state index in [1.807, 2.05) is 33.0 Å². The number of nitrogens with one attached hydrogen (secondary N) is 1. The number of aromatic nitrogens is 3. The molecule has 4 nitrogen and oxygen atoms in total. The van der Waals surface area contributed by atoms with Gasteiger partial charge in [-0.05, 0) is 39.7 Å². The van der Waals surface area contributed by atoms with Crippen LogP contribution in [-0.4, -0.2) is 21.1 Å². The minimum atomic E-state index is 0.126. The third kappa shape index (κ3) is 3.13. The van der Waals surface area contributed by atoms with Crippen LogP contribution >= 0.6 is 12.2 Å². The number of H-pyrrole nitrogens is 1. The van der Waals surface area contributed by atoms with Gasteiger partial charge in [-0.25, -0.2) is 4.98 Å². The summed E-state index contributed by atoms with van der Waals surface area (Å²) < 4.78 is 6.39. The summed E-state index contributed by atoms with van der Waals surface area (Å²) in [5.74, 6) is 2.30. The Bertz CT molecular complexity index is 720. The molecule has 2 heterocycles. The average Bonchev–Trinajstić information content (AvgIpc) is 3.25. The highest BCUT2D eigenvalue weighted by molar-refractivity contribution is 7.71. The highest BCUT2D eigenvalue weighted by Crippen LogP contribution is 2.39. The molecular weight excluding hydrogens is 282 g/mol. The molecule has 2 aromatic heterocycles. The van der Waals surface area contributed by atoms with Gasteiger partial charge in [0.25, 0.3) is 0 Å². The fraction of sp³-hybridized carbons (Fsp3) is 0.438. The van der Waals surface area contributed by atoms with Gasteiger partial charge in [0, 0.05) is 23.2 Å². The van der Waals surface area contributed by atoms with E-state index < -0.39 is 0 Å². The minimum Gasteiger partial charge on any atom is -0.489 e. The second kappa shape index (κ2) is 5.56. The number of nitrogens with zero attached hydrogens (tertiary/aromatic N) is 2. The van der Waals surface area contributed by atoms with Gasteiger partial charge in [-0.15, -0.1) is 0 Å². The van der Waals surface area contributed by atoms with Crippen molar-refractivity contribution in [2.45, 2.75) is 45.6 Å². The summed E-state index contributed by atoms with van der Waals surface area (Å²) in [5, 5.41) is 0. The maximum atomic E-state index is 5.72. The van der Waals surface area contributed by atoms with Crippen LogP contribution in [0, 0.1) is 11.6 Å². The lowest BCUT2D eigenvalue weighted by molar-refractivity contribution is 0.241. The first-order valence-corrected chi connectivity index (χ1v) is 7.68. The van der Waals surface area contributed by atoms with Gasteiger partial charge in [0.1, 0.15) is 16.2 Å². The summed E-state index contributed by atoms with van der Waals surface area (Å²) in [6, 6.07) is 2.00. The number of ether oxygens (including phenoxy) is 1. The van der Waals surface area contributed by atoms with E-state index in [4.69, 9.17) is 17.0 Å². The first-order valence-electron chi connectivity index (χ1n) is 7.27. The predicted molar refractivity (Wildman–Crippen MR) is 85.1 cm³/mol. The van der Waals surface area contributed by atoms with E-state index in [1.54, 1.807) is 6.20 Å². The summed E-state index contributed by atoms with van der Waals surface area (Å²) in [7, 11) is 0. The second-order valence-corrected chi connectivity index (χ2v) is 6.16. The molecule has 0 aromatic carbocycles. The number of hydrogen-bond donors (Lipinski definition) is 1. The lowest BCUT2D eigenvalue weighted by atomic mass is 10.1. The van der Waals surface area contributed by atoms with Crippen molar-refractivity contribution in [2.24, 2.45) is 0 Å². The van der Waals surface area contributed by atoms with E-state index in [9.17, 15) is 0 Å². The summed E-state index contributed by atoms with van der Waals surface area (Å²) in [4.78, 5) is 12.2. The molecule has 5 heteroatoms. The SMILES string of the molecule is Cc1c(-c2cncc(OC(C)C)c2)[nH]c(C2CC2)nc1=S. The van der Waals surface area contributed by atoms with Crippen molar-refractivity contribution in [3.05, 3.63) is 34.5 Å². The monoisotopic (exact) mass is 301 g/mol. The fourth-order valence-electron chi connectivity index (χ4n) is 2.28. The molecule has 0 spiro atoms. The van der Waals surface area contributed by atoms with Crippen molar-refractivity contribution in [3.63, 3.8) is 0 Å². The Labute approximate surface area is 129 Å². The predicted octanol–water partition coefficient (Wildman–Crippen LogP) is 4.17. The lowest BCUT2D eigenvalue weighted by Gasteiger charge is -2.12. The zero-order valence-electron chi connectivity index (χ0n) is 12.5. The van der Waals surface area contributed by atoms with Crippen LogP contribution in [0.5, 0.6) is 5.75 Å². The van der Waals surface area contributed by atoms with Crippen LogP contribution in [0.25, 0.3) is 11.3 Å². The molecule has 0 amide bonds. The third-order valence-electron chi connectivity index (χ3n) is 3.51. The zero-order valence-corrected chi connectivity index (χ0v) is 13.3. The molecule has 0 bridgehead atoms. The van der Waals surface area contributed by atoms with E-state index in [1.165, 1.54) is 12.8 Å². The van der Waals surface area contributed by atoms with E-state index in [2.05, 4.69) is 15.0 Å². The van der Waals surface area contributed by atoms with Gasteiger partial charge in [-0.1, -0.05) is 12.2 Å². The largest absolute Gasteiger partial charge is 0.489 e. The Kier molecular flexibility index (Phi) is 3.76. The van der Waals surface area contributed by atoms with Crippen LogP contribution in [0.2, 0.25) is 0 Å². The Morgan fingerprint density at radius 2 is 2.10 bits per heavy atom. The molecule has 21 heavy (non-hydrogen) atoms. The van der Waals surface area contributed by atoms with Gasteiger partial charge in [-0.2, -0.15) is 0 Å². The third-order valence-corrected chi connectivity index (χ3v) is 3.91. The molecule has 2 aromatic rings. The summed E-state index contributed by atoms with van der Waals surface area (Å²) >= 11 is 5.40. The van der Waals surface area contributed by atoms with Crippen molar-refractivity contribution in [3.8, 4) is 17.0 Å². The van der Waals surface area contributed by atoms with Crippen molar-refractivity contribution in [2.75, 3.05) is 0 Å². The molecule has 1 N–H and O–H groups in total. The first-order chi connectivity index (χ1) is 10.0. The van der Waals surface area contributed by atoms with Crippen molar-refractivity contribution in [1.29, 1.82) is 0 Å². The summed E-state index contributed by atoms with van der Waals surface area (Å²) in [5.41, 5.74) is 2.97. The molecule has 1 aliphatic rings.